The van der Waals surface area contributed by atoms with Gasteiger partial charge in [-0.1, -0.05) is 11.6 Å². The van der Waals surface area contributed by atoms with Crippen LogP contribution in [0.1, 0.15) is 16.1 Å². The fourth-order valence-corrected chi connectivity index (χ4v) is 0.865. The van der Waals surface area contributed by atoms with E-state index in [0.717, 1.165) is 5.69 Å². The Kier molecular flexibility index (Phi) is 2.02. The summed E-state index contributed by atoms with van der Waals surface area (Å²) in [4.78, 5) is 14.1. The number of nitrogens with zero attached hydrogens (tertiary/aromatic N) is 1. The van der Waals surface area contributed by atoms with Gasteiger partial charge in [-0.25, -0.2) is 4.98 Å². The van der Waals surface area contributed by atoms with Crippen molar-refractivity contribution in [2.24, 2.45) is 0 Å². The van der Waals surface area contributed by atoms with Crippen molar-refractivity contribution in [3.05, 3.63) is 28.5 Å². The molecule has 0 radical (unpaired) electrons. The summed E-state index contributed by atoms with van der Waals surface area (Å²) in [5, 5.41) is 0.273. The van der Waals surface area contributed by atoms with Gasteiger partial charge >= 0.3 is 0 Å². The van der Waals surface area contributed by atoms with E-state index >= 15 is 0 Å². The number of aryl methyl sites for hydroxylation is 1. The van der Waals surface area contributed by atoms with Gasteiger partial charge in [-0.15, -0.1) is 0 Å². The third-order valence-electron chi connectivity index (χ3n) is 1.14. The Hall–Kier alpha value is -0.890. The van der Waals surface area contributed by atoms with Crippen molar-refractivity contribution in [2.75, 3.05) is 0 Å². The lowest BCUT2D eigenvalue weighted by Gasteiger charge is -1.94. The first kappa shape index (κ1) is 7.22. The molecular formula is C7H6ClNO. The number of hydrogen-bond donors (Lipinski definition) is 0. The molecule has 0 bridgehead atoms. The third-order valence-corrected chi connectivity index (χ3v) is 1.45. The minimum absolute atomic E-state index is 0.273. The summed E-state index contributed by atoms with van der Waals surface area (Å²) >= 11 is 5.59. The fraction of sp³-hybridized carbons (Fsp3) is 0.143. The van der Waals surface area contributed by atoms with E-state index in [1.54, 1.807) is 12.1 Å². The predicted molar refractivity (Wildman–Crippen MR) is 39.4 cm³/mol. The van der Waals surface area contributed by atoms with E-state index in [0.29, 0.717) is 11.8 Å². The quantitative estimate of drug-likeness (QED) is 0.458. The van der Waals surface area contributed by atoms with Crippen LogP contribution in [-0.4, -0.2) is 11.3 Å². The number of carbonyl (C=O) groups is 1. The average molecular weight is 156 g/mol. The number of aromatic nitrogens is 1. The zero-order valence-corrected chi connectivity index (χ0v) is 6.22. The highest BCUT2D eigenvalue weighted by Gasteiger charge is 1.97. The van der Waals surface area contributed by atoms with E-state index in [2.05, 4.69) is 4.98 Å². The van der Waals surface area contributed by atoms with Crippen LogP contribution in [0.5, 0.6) is 0 Å². The smallest absolute Gasteiger partial charge is 0.153 e. The molecule has 1 rings (SSSR count). The molecule has 0 aliphatic heterocycles. The van der Waals surface area contributed by atoms with Crippen molar-refractivity contribution in [1.29, 1.82) is 0 Å². The Labute approximate surface area is 63.8 Å². The summed E-state index contributed by atoms with van der Waals surface area (Å²) < 4.78 is 0. The number of pyridine rings is 1. The molecule has 10 heavy (non-hydrogen) atoms. The lowest BCUT2D eigenvalue weighted by molar-refractivity contribution is 0.112. The Balaban J connectivity index is 3.19. The lowest BCUT2D eigenvalue weighted by atomic mass is 10.3. The van der Waals surface area contributed by atoms with Gasteiger partial charge in [0.05, 0.1) is 5.56 Å². The van der Waals surface area contributed by atoms with Crippen molar-refractivity contribution in [3.8, 4) is 0 Å². The number of halogens is 1. The zero-order valence-electron chi connectivity index (χ0n) is 5.47. The van der Waals surface area contributed by atoms with Crippen LogP contribution in [0.2, 0.25) is 5.15 Å². The SMILES string of the molecule is Cc1ccc(C=O)c(Cl)n1. The Morgan fingerprint density at radius 1 is 1.60 bits per heavy atom. The molecule has 0 unspecified atom stereocenters. The van der Waals surface area contributed by atoms with Gasteiger partial charge < -0.3 is 0 Å². The van der Waals surface area contributed by atoms with Crippen LogP contribution in [0.3, 0.4) is 0 Å². The topological polar surface area (TPSA) is 30.0 Å². The summed E-state index contributed by atoms with van der Waals surface area (Å²) in [6.07, 6.45) is 0.689. The van der Waals surface area contributed by atoms with E-state index in [9.17, 15) is 4.79 Å². The van der Waals surface area contributed by atoms with E-state index in [1.807, 2.05) is 6.92 Å². The Bertz CT molecular complexity index is 260. The molecule has 1 heterocycles. The van der Waals surface area contributed by atoms with Crippen molar-refractivity contribution in [3.63, 3.8) is 0 Å². The second-order valence-corrected chi connectivity index (χ2v) is 2.31. The molecule has 0 aliphatic rings. The van der Waals surface area contributed by atoms with Crippen LogP contribution in [0, 0.1) is 6.92 Å². The van der Waals surface area contributed by atoms with Crippen LogP contribution < -0.4 is 0 Å². The summed E-state index contributed by atoms with van der Waals surface area (Å²) in [7, 11) is 0. The first-order valence-electron chi connectivity index (χ1n) is 2.82. The highest BCUT2D eigenvalue weighted by molar-refractivity contribution is 6.31. The summed E-state index contributed by atoms with van der Waals surface area (Å²) in [6, 6.07) is 3.40. The van der Waals surface area contributed by atoms with E-state index in [4.69, 9.17) is 11.6 Å². The normalized spacial score (nSPS) is 9.40. The maximum Gasteiger partial charge on any atom is 0.153 e. The molecule has 0 atom stereocenters. The van der Waals surface area contributed by atoms with Gasteiger partial charge in [0, 0.05) is 5.69 Å². The molecule has 3 heteroatoms. The van der Waals surface area contributed by atoms with Gasteiger partial charge in [0.25, 0.3) is 0 Å². The molecule has 0 saturated heterocycles. The van der Waals surface area contributed by atoms with Crippen LogP contribution >= 0.6 is 11.6 Å². The summed E-state index contributed by atoms with van der Waals surface area (Å²) in [5.41, 5.74) is 1.25. The van der Waals surface area contributed by atoms with Gasteiger partial charge in [0.15, 0.2) is 6.29 Å². The molecule has 0 N–H and O–H groups in total. The first-order chi connectivity index (χ1) is 4.74. The monoisotopic (exact) mass is 155 g/mol. The van der Waals surface area contributed by atoms with E-state index in [1.165, 1.54) is 0 Å². The van der Waals surface area contributed by atoms with Gasteiger partial charge in [-0.05, 0) is 19.1 Å². The van der Waals surface area contributed by atoms with Crippen LogP contribution in [0.15, 0.2) is 12.1 Å². The highest BCUT2D eigenvalue weighted by atomic mass is 35.5. The minimum atomic E-state index is 0.273. The second kappa shape index (κ2) is 2.80. The summed E-state index contributed by atoms with van der Waals surface area (Å²) in [6.45, 7) is 1.82. The first-order valence-corrected chi connectivity index (χ1v) is 3.20. The molecule has 1 aromatic rings. The number of aldehydes is 1. The van der Waals surface area contributed by atoms with Crippen LogP contribution in [0.25, 0.3) is 0 Å². The molecule has 52 valence electrons. The van der Waals surface area contributed by atoms with E-state index < -0.39 is 0 Å². The van der Waals surface area contributed by atoms with E-state index in [-0.39, 0.29) is 5.15 Å². The molecule has 1 aromatic heterocycles. The number of rotatable bonds is 1. The maximum absolute atomic E-state index is 10.2. The fourth-order valence-electron chi connectivity index (χ4n) is 0.624. The standard InChI is InChI=1S/C7H6ClNO/c1-5-2-3-6(4-10)7(8)9-5/h2-4H,1H3. The number of carbonyl (C=O) groups excluding carboxylic acids is 1. The van der Waals surface area contributed by atoms with Crippen LogP contribution in [-0.2, 0) is 0 Å². The second-order valence-electron chi connectivity index (χ2n) is 1.95. The van der Waals surface area contributed by atoms with Gasteiger partial charge in [-0.3, -0.25) is 4.79 Å². The Morgan fingerprint density at radius 3 is 2.80 bits per heavy atom. The molecule has 0 amide bonds. The van der Waals surface area contributed by atoms with Crippen molar-refractivity contribution in [1.82, 2.24) is 4.98 Å². The minimum Gasteiger partial charge on any atom is -0.298 e. The summed E-state index contributed by atoms with van der Waals surface area (Å²) in [5.74, 6) is 0. The molecule has 0 fully saturated rings. The van der Waals surface area contributed by atoms with Crippen molar-refractivity contribution < 1.29 is 4.79 Å². The van der Waals surface area contributed by atoms with Gasteiger partial charge in [0.2, 0.25) is 0 Å². The Morgan fingerprint density at radius 2 is 2.30 bits per heavy atom. The van der Waals surface area contributed by atoms with Gasteiger partial charge in [-0.2, -0.15) is 0 Å². The van der Waals surface area contributed by atoms with Crippen LogP contribution in [0.4, 0.5) is 0 Å². The third kappa shape index (κ3) is 1.33. The lowest BCUT2D eigenvalue weighted by Crippen LogP contribution is -1.87. The van der Waals surface area contributed by atoms with Gasteiger partial charge in [0.1, 0.15) is 5.15 Å². The predicted octanol–water partition coefficient (Wildman–Crippen LogP) is 1.86. The molecular weight excluding hydrogens is 150 g/mol. The molecule has 2 nitrogen and oxygen atoms in total. The maximum atomic E-state index is 10.2. The molecule has 0 aromatic carbocycles. The number of hydrogen-bond acceptors (Lipinski definition) is 2. The largest absolute Gasteiger partial charge is 0.298 e. The average Bonchev–Trinajstić information content (AvgIpc) is 1.88. The van der Waals surface area contributed by atoms with Crippen molar-refractivity contribution >= 4 is 17.9 Å². The molecule has 0 spiro atoms. The molecule has 0 aliphatic carbocycles. The zero-order chi connectivity index (χ0) is 7.56. The highest BCUT2D eigenvalue weighted by Crippen LogP contribution is 2.10. The molecule has 0 saturated carbocycles. The van der Waals surface area contributed by atoms with Crippen molar-refractivity contribution in [2.45, 2.75) is 6.92 Å².